The first-order valence-corrected chi connectivity index (χ1v) is 5.94. The number of fused-ring (bicyclic) bond motifs is 1. The number of nitrogens with one attached hydrogen (secondary N) is 1. The molecule has 1 atom stereocenters. The summed E-state index contributed by atoms with van der Waals surface area (Å²) in [5.41, 5.74) is 0.792. The Morgan fingerprint density at radius 2 is 2.25 bits per heavy atom. The molecule has 2 rings (SSSR count). The highest BCUT2D eigenvalue weighted by Gasteiger charge is 2.19. The van der Waals surface area contributed by atoms with E-state index in [9.17, 15) is 15.2 Å². The number of nitrogens with zero attached hydrogens (tertiary/aromatic N) is 3. The van der Waals surface area contributed by atoms with E-state index in [2.05, 4.69) is 20.3 Å². The second-order valence-corrected chi connectivity index (χ2v) is 4.18. The molecule has 0 bridgehead atoms. The molecule has 9 heteroatoms. The van der Waals surface area contributed by atoms with Crippen LogP contribution in [-0.4, -0.2) is 46.7 Å². The fraction of sp³-hybridized carbons (Fsp3) is 0.455. The van der Waals surface area contributed by atoms with Crippen LogP contribution in [0.5, 0.6) is 0 Å². The molecule has 0 saturated heterocycles. The number of anilines is 1. The number of nitro groups is 1. The molecule has 0 radical (unpaired) electrons. The largest absolute Gasteiger partial charge is 0.391 e. The van der Waals surface area contributed by atoms with E-state index in [1.165, 1.54) is 19.2 Å². The third-order valence-corrected chi connectivity index (χ3v) is 2.74. The lowest BCUT2D eigenvalue weighted by Crippen LogP contribution is -2.18. The standard InChI is InChI=1S/C11H14N4O5/c1-19-6-7(16)4-5-12-8-2-3-9(15(17)18)11-10(8)13-20-14-11/h2-3,7,12,16H,4-6H2,1H3. The van der Waals surface area contributed by atoms with Crippen molar-refractivity contribution in [2.45, 2.75) is 12.5 Å². The second-order valence-electron chi connectivity index (χ2n) is 4.18. The average molecular weight is 282 g/mol. The maximum Gasteiger partial charge on any atom is 0.300 e. The SMILES string of the molecule is COCC(O)CCNc1ccc([N+](=O)[O-])c2nonc12. The number of hydrogen-bond acceptors (Lipinski definition) is 8. The van der Waals surface area contributed by atoms with Crippen LogP contribution in [0.3, 0.4) is 0 Å². The molecule has 0 aliphatic heterocycles. The van der Waals surface area contributed by atoms with Crippen LogP contribution in [0.2, 0.25) is 0 Å². The molecule has 1 heterocycles. The van der Waals surface area contributed by atoms with Gasteiger partial charge in [0.25, 0.3) is 0 Å². The number of methoxy groups -OCH3 is 1. The van der Waals surface area contributed by atoms with E-state index < -0.39 is 11.0 Å². The zero-order valence-electron chi connectivity index (χ0n) is 10.8. The zero-order chi connectivity index (χ0) is 14.5. The molecule has 1 aromatic carbocycles. The van der Waals surface area contributed by atoms with Gasteiger partial charge in [-0.15, -0.1) is 0 Å². The minimum absolute atomic E-state index is 0.0949. The van der Waals surface area contributed by atoms with Gasteiger partial charge >= 0.3 is 5.69 Å². The number of hydrogen-bond donors (Lipinski definition) is 2. The number of benzene rings is 1. The second kappa shape index (κ2) is 6.26. The number of ether oxygens (including phenoxy) is 1. The summed E-state index contributed by atoms with van der Waals surface area (Å²) in [4.78, 5) is 10.3. The molecule has 0 fully saturated rings. The van der Waals surface area contributed by atoms with Gasteiger partial charge in [-0.1, -0.05) is 0 Å². The highest BCUT2D eigenvalue weighted by atomic mass is 16.6. The van der Waals surface area contributed by atoms with Crippen LogP contribution >= 0.6 is 0 Å². The maximum atomic E-state index is 10.8. The van der Waals surface area contributed by atoms with E-state index in [1.807, 2.05) is 0 Å². The van der Waals surface area contributed by atoms with Crippen LogP contribution in [0.25, 0.3) is 11.0 Å². The molecule has 2 N–H and O–H groups in total. The molecule has 9 nitrogen and oxygen atoms in total. The molecule has 0 amide bonds. The van der Waals surface area contributed by atoms with E-state index in [-0.39, 0.29) is 17.8 Å². The van der Waals surface area contributed by atoms with E-state index in [1.54, 1.807) is 0 Å². The monoisotopic (exact) mass is 282 g/mol. The van der Waals surface area contributed by atoms with Gasteiger partial charge < -0.3 is 15.2 Å². The average Bonchev–Trinajstić information content (AvgIpc) is 2.88. The van der Waals surface area contributed by atoms with Crippen molar-refractivity contribution in [2.24, 2.45) is 0 Å². The number of nitro benzene ring substituents is 1. The Morgan fingerprint density at radius 1 is 1.50 bits per heavy atom. The quantitative estimate of drug-likeness (QED) is 0.568. The lowest BCUT2D eigenvalue weighted by atomic mass is 10.2. The summed E-state index contributed by atoms with van der Waals surface area (Å²) in [6.45, 7) is 0.715. The van der Waals surface area contributed by atoms with Crippen LogP contribution in [0.1, 0.15) is 6.42 Å². The van der Waals surface area contributed by atoms with Crippen molar-refractivity contribution in [3.63, 3.8) is 0 Å². The molecule has 0 aliphatic carbocycles. The fourth-order valence-electron chi connectivity index (χ4n) is 1.79. The number of aliphatic hydroxyl groups is 1. The Bertz CT molecular complexity index is 600. The van der Waals surface area contributed by atoms with Crippen molar-refractivity contribution < 1.29 is 19.4 Å². The molecule has 1 aromatic heterocycles. The summed E-state index contributed by atoms with van der Waals surface area (Å²) < 4.78 is 9.36. The van der Waals surface area contributed by atoms with Crippen LogP contribution in [0.4, 0.5) is 11.4 Å². The topological polar surface area (TPSA) is 124 Å². The number of rotatable bonds is 7. The summed E-state index contributed by atoms with van der Waals surface area (Å²) in [7, 11) is 1.51. The lowest BCUT2D eigenvalue weighted by molar-refractivity contribution is -0.383. The predicted octanol–water partition coefficient (Wildman–Crippen LogP) is 0.940. The molecule has 1 unspecified atom stereocenters. The normalized spacial score (nSPS) is 12.5. The molecule has 0 saturated carbocycles. The van der Waals surface area contributed by atoms with E-state index in [4.69, 9.17) is 4.74 Å². The van der Waals surface area contributed by atoms with Gasteiger partial charge in [0.2, 0.25) is 5.52 Å². The number of non-ortho nitro benzene ring substituents is 1. The predicted molar refractivity (Wildman–Crippen MR) is 69.4 cm³/mol. The first-order chi connectivity index (χ1) is 9.63. The Kier molecular flexibility index (Phi) is 4.43. The van der Waals surface area contributed by atoms with Crippen LogP contribution in [0, 0.1) is 10.1 Å². The molecule has 0 spiro atoms. The van der Waals surface area contributed by atoms with Gasteiger partial charge in [0.1, 0.15) is 0 Å². The van der Waals surface area contributed by atoms with Crippen molar-refractivity contribution in [2.75, 3.05) is 25.6 Å². The molecule has 20 heavy (non-hydrogen) atoms. The van der Waals surface area contributed by atoms with E-state index in [0.29, 0.717) is 24.2 Å². The number of aromatic nitrogens is 2. The third-order valence-electron chi connectivity index (χ3n) is 2.74. The zero-order valence-corrected chi connectivity index (χ0v) is 10.8. The highest BCUT2D eigenvalue weighted by molar-refractivity contribution is 5.93. The Hall–Kier alpha value is -2.26. The lowest BCUT2D eigenvalue weighted by Gasteiger charge is -2.10. The van der Waals surface area contributed by atoms with Crippen molar-refractivity contribution in [3.05, 3.63) is 22.2 Å². The minimum Gasteiger partial charge on any atom is -0.391 e. The summed E-state index contributed by atoms with van der Waals surface area (Å²) in [6.07, 6.45) is -0.103. The van der Waals surface area contributed by atoms with Crippen molar-refractivity contribution in [1.29, 1.82) is 0 Å². The molecule has 2 aromatic rings. The van der Waals surface area contributed by atoms with Gasteiger partial charge in [0.05, 0.1) is 23.3 Å². The Morgan fingerprint density at radius 3 is 2.95 bits per heavy atom. The molecule has 108 valence electrons. The van der Waals surface area contributed by atoms with Gasteiger partial charge in [0.15, 0.2) is 5.52 Å². The molecular formula is C11H14N4O5. The maximum absolute atomic E-state index is 10.8. The number of aliphatic hydroxyl groups excluding tert-OH is 1. The van der Waals surface area contributed by atoms with Crippen LogP contribution < -0.4 is 5.32 Å². The van der Waals surface area contributed by atoms with Crippen molar-refractivity contribution >= 4 is 22.4 Å². The molecule has 0 aliphatic rings. The van der Waals surface area contributed by atoms with Crippen LogP contribution in [-0.2, 0) is 4.74 Å². The summed E-state index contributed by atoms with van der Waals surface area (Å²) in [6, 6.07) is 2.87. The van der Waals surface area contributed by atoms with Crippen molar-refractivity contribution in [3.8, 4) is 0 Å². The van der Waals surface area contributed by atoms with Gasteiger partial charge in [-0.05, 0) is 22.8 Å². The van der Waals surface area contributed by atoms with E-state index in [0.717, 1.165) is 0 Å². The van der Waals surface area contributed by atoms with Gasteiger partial charge in [0, 0.05) is 19.7 Å². The minimum atomic E-state index is -0.573. The third kappa shape index (κ3) is 3.00. The summed E-state index contributed by atoms with van der Waals surface area (Å²) >= 11 is 0. The Labute approximate surface area is 113 Å². The Balaban J connectivity index is 2.10. The van der Waals surface area contributed by atoms with E-state index >= 15 is 0 Å². The first-order valence-electron chi connectivity index (χ1n) is 5.94. The molecular weight excluding hydrogens is 268 g/mol. The van der Waals surface area contributed by atoms with Crippen molar-refractivity contribution in [1.82, 2.24) is 10.3 Å². The van der Waals surface area contributed by atoms with Crippen LogP contribution in [0.15, 0.2) is 16.8 Å². The van der Waals surface area contributed by atoms with Gasteiger partial charge in [-0.3, -0.25) is 10.1 Å². The summed E-state index contributed by atoms with van der Waals surface area (Å²) in [5.74, 6) is 0. The van der Waals surface area contributed by atoms with Gasteiger partial charge in [-0.25, -0.2) is 4.63 Å². The van der Waals surface area contributed by atoms with Gasteiger partial charge in [-0.2, -0.15) is 0 Å². The first kappa shape index (κ1) is 14.2. The highest BCUT2D eigenvalue weighted by Crippen LogP contribution is 2.28. The summed E-state index contributed by atoms with van der Waals surface area (Å²) in [5, 5.41) is 30.6. The smallest absolute Gasteiger partial charge is 0.300 e. The fourth-order valence-corrected chi connectivity index (χ4v) is 1.79.